The smallest absolute Gasteiger partial charge is 0.146 e. The second-order valence-electron chi connectivity index (χ2n) is 4.45. The van der Waals surface area contributed by atoms with Crippen LogP contribution in [0.4, 0.5) is 0 Å². The van der Waals surface area contributed by atoms with Crippen molar-refractivity contribution in [2.24, 2.45) is 5.84 Å². The summed E-state index contributed by atoms with van der Waals surface area (Å²) in [7, 11) is 0. The van der Waals surface area contributed by atoms with Gasteiger partial charge in [-0.3, -0.25) is 5.84 Å². The van der Waals surface area contributed by atoms with Gasteiger partial charge in [-0.15, -0.1) is 0 Å². The number of benzene rings is 1. The lowest BCUT2D eigenvalue weighted by Crippen LogP contribution is -2.31. The zero-order chi connectivity index (χ0) is 13.0. The van der Waals surface area contributed by atoms with Crippen molar-refractivity contribution in [3.63, 3.8) is 0 Å². The number of aryl methyl sites for hydroxylation is 2. The summed E-state index contributed by atoms with van der Waals surface area (Å²) in [6.45, 7) is 4.22. The highest BCUT2D eigenvalue weighted by Gasteiger charge is 2.13. The monoisotopic (exact) mass is 242 g/mol. The van der Waals surface area contributed by atoms with Gasteiger partial charge >= 0.3 is 0 Å². The predicted octanol–water partition coefficient (Wildman–Crippen LogP) is 1.84. The Hall–Kier alpha value is -1.78. The minimum atomic E-state index is -0.0618. The standard InChI is InChI=1S/C14H18N4/c1-10-4-5-12(8-11(10)2)9-13(18-15)14-16-6-3-7-17-14/h3-8,13,18H,9,15H2,1-2H3. The van der Waals surface area contributed by atoms with E-state index < -0.39 is 0 Å². The maximum atomic E-state index is 5.59. The molecular weight excluding hydrogens is 224 g/mol. The van der Waals surface area contributed by atoms with Crippen LogP contribution in [-0.2, 0) is 6.42 Å². The van der Waals surface area contributed by atoms with E-state index in [0.29, 0.717) is 0 Å². The Balaban J connectivity index is 2.18. The van der Waals surface area contributed by atoms with Crippen LogP contribution in [0, 0.1) is 13.8 Å². The van der Waals surface area contributed by atoms with Gasteiger partial charge in [0.1, 0.15) is 5.82 Å². The summed E-state index contributed by atoms with van der Waals surface area (Å²) in [4.78, 5) is 8.46. The third kappa shape index (κ3) is 2.91. The van der Waals surface area contributed by atoms with Gasteiger partial charge in [0.25, 0.3) is 0 Å². The highest BCUT2D eigenvalue weighted by molar-refractivity contribution is 5.30. The van der Waals surface area contributed by atoms with E-state index in [9.17, 15) is 0 Å². The summed E-state index contributed by atoms with van der Waals surface area (Å²) in [6.07, 6.45) is 4.24. The van der Waals surface area contributed by atoms with Gasteiger partial charge in [0.15, 0.2) is 0 Å². The topological polar surface area (TPSA) is 63.8 Å². The van der Waals surface area contributed by atoms with Gasteiger partial charge in [0.2, 0.25) is 0 Å². The molecule has 0 fully saturated rings. The van der Waals surface area contributed by atoms with Crippen molar-refractivity contribution in [1.82, 2.24) is 15.4 Å². The Labute approximate surface area is 107 Å². The first-order valence-corrected chi connectivity index (χ1v) is 6.00. The van der Waals surface area contributed by atoms with E-state index in [1.54, 1.807) is 18.5 Å². The fraction of sp³-hybridized carbons (Fsp3) is 0.286. The van der Waals surface area contributed by atoms with Crippen LogP contribution in [-0.4, -0.2) is 9.97 Å². The zero-order valence-corrected chi connectivity index (χ0v) is 10.7. The minimum absolute atomic E-state index is 0.0618. The average Bonchev–Trinajstić information content (AvgIpc) is 2.41. The third-order valence-electron chi connectivity index (χ3n) is 3.11. The molecule has 0 spiro atoms. The van der Waals surface area contributed by atoms with Crippen molar-refractivity contribution >= 4 is 0 Å². The second-order valence-corrected chi connectivity index (χ2v) is 4.45. The van der Waals surface area contributed by atoms with Gasteiger partial charge < -0.3 is 0 Å². The molecule has 0 aliphatic heterocycles. The van der Waals surface area contributed by atoms with Gasteiger partial charge in [-0.1, -0.05) is 18.2 Å². The molecule has 4 nitrogen and oxygen atoms in total. The van der Waals surface area contributed by atoms with Gasteiger partial charge in [-0.2, -0.15) is 0 Å². The van der Waals surface area contributed by atoms with Gasteiger partial charge in [-0.05, 0) is 43.0 Å². The van der Waals surface area contributed by atoms with Crippen LogP contribution < -0.4 is 11.3 Å². The molecule has 1 unspecified atom stereocenters. The maximum Gasteiger partial charge on any atom is 0.146 e. The number of nitrogens with one attached hydrogen (secondary N) is 1. The second kappa shape index (κ2) is 5.71. The molecule has 0 bridgehead atoms. The van der Waals surface area contributed by atoms with E-state index in [1.807, 2.05) is 0 Å². The predicted molar refractivity (Wildman–Crippen MR) is 71.7 cm³/mol. The number of nitrogens with two attached hydrogens (primary N) is 1. The van der Waals surface area contributed by atoms with Crippen LogP contribution in [0.5, 0.6) is 0 Å². The molecule has 3 N–H and O–H groups in total. The number of hydrazine groups is 1. The molecular formula is C14H18N4. The van der Waals surface area contributed by atoms with Gasteiger partial charge in [0, 0.05) is 12.4 Å². The highest BCUT2D eigenvalue weighted by Crippen LogP contribution is 2.16. The fourth-order valence-electron chi connectivity index (χ4n) is 1.88. The third-order valence-corrected chi connectivity index (χ3v) is 3.11. The number of aromatic nitrogens is 2. The molecule has 0 radical (unpaired) electrons. The summed E-state index contributed by atoms with van der Waals surface area (Å²) in [5.41, 5.74) is 6.59. The molecule has 4 heteroatoms. The fourth-order valence-corrected chi connectivity index (χ4v) is 1.88. The van der Waals surface area contributed by atoms with Crippen LogP contribution in [0.15, 0.2) is 36.7 Å². The lowest BCUT2D eigenvalue weighted by Gasteiger charge is -2.15. The van der Waals surface area contributed by atoms with Crippen molar-refractivity contribution in [3.8, 4) is 0 Å². The largest absolute Gasteiger partial charge is 0.271 e. The number of nitrogens with zero attached hydrogens (tertiary/aromatic N) is 2. The summed E-state index contributed by atoms with van der Waals surface area (Å²) < 4.78 is 0. The van der Waals surface area contributed by atoms with E-state index >= 15 is 0 Å². The van der Waals surface area contributed by atoms with E-state index in [1.165, 1.54) is 16.7 Å². The van der Waals surface area contributed by atoms with Crippen LogP contribution in [0.3, 0.4) is 0 Å². The van der Waals surface area contributed by atoms with Crippen LogP contribution >= 0.6 is 0 Å². The molecule has 1 aromatic carbocycles. The van der Waals surface area contributed by atoms with Crippen LogP contribution in [0.1, 0.15) is 28.6 Å². The quantitative estimate of drug-likeness (QED) is 0.634. The van der Waals surface area contributed by atoms with Gasteiger partial charge in [0.05, 0.1) is 6.04 Å². The molecule has 2 rings (SSSR count). The van der Waals surface area contributed by atoms with Gasteiger partial charge in [-0.25, -0.2) is 15.4 Å². The molecule has 0 amide bonds. The van der Waals surface area contributed by atoms with E-state index in [2.05, 4.69) is 47.4 Å². The lowest BCUT2D eigenvalue weighted by atomic mass is 10.0. The Morgan fingerprint density at radius 2 is 1.89 bits per heavy atom. The maximum absolute atomic E-state index is 5.59. The Morgan fingerprint density at radius 1 is 1.17 bits per heavy atom. The molecule has 0 saturated heterocycles. The number of hydrogen-bond acceptors (Lipinski definition) is 4. The molecule has 94 valence electrons. The summed E-state index contributed by atoms with van der Waals surface area (Å²) in [5, 5.41) is 0. The molecule has 0 saturated carbocycles. The molecule has 0 aliphatic carbocycles. The van der Waals surface area contributed by atoms with E-state index in [0.717, 1.165) is 12.2 Å². The molecule has 0 aliphatic rings. The SMILES string of the molecule is Cc1ccc(CC(NN)c2ncccn2)cc1C. The number of rotatable bonds is 4. The lowest BCUT2D eigenvalue weighted by molar-refractivity contribution is 0.522. The molecule has 18 heavy (non-hydrogen) atoms. The van der Waals surface area contributed by atoms with E-state index in [-0.39, 0.29) is 6.04 Å². The average molecular weight is 242 g/mol. The number of hydrogen-bond donors (Lipinski definition) is 2. The first-order chi connectivity index (χ1) is 8.70. The van der Waals surface area contributed by atoms with Crippen molar-refractivity contribution in [2.45, 2.75) is 26.3 Å². The van der Waals surface area contributed by atoms with Crippen LogP contribution in [0.25, 0.3) is 0 Å². The zero-order valence-electron chi connectivity index (χ0n) is 10.7. The molecule has 1 aromatic heterocycles. The summed E-state index contributed by atoms with van der Waals surface area (Å²) in [5.74, 6) is 6.31. The first kappa shape index (κ1) is 12.7. The van der Waals surface area contributed by atoms with Crippen LogP contribution in [0.2, 0.25) is 0 Å². The summed E-state index contributed by atoms with van der Waals surface area (Å²) >= 11 is 0. The highest BCUT2D eigenvalue weighted by atomic mass is 15.2. The first-order valence-electron chi connectivity index (χ1n) is 6.00. The van der Waals surface area contributed by atoms with Crippen molar-refractivity contribution in [3.05, 3.63) is 59.2 Å². The summed E-state index contributed by atoms with van der Waals surface area (Å²) in [6, 6.07) is 8.17. The molecule has 1 atom stereocenters. The Kier molecular flexibility index (Phi) is 4.02. The Morgan fingerprint density at radius 3 is 2.50 bits per heavy atom. The van der Waals surface area contributed by atoms with Crippen molar-refractivity contribution < 1.29 is 0 Å². The van der Waals surface area contributed by atoms with Crippen molar-refractivity contribution in [2.75, 3.05) is 0 Å². The normalized spacial score (nSPS) is 12.4. The molecule has 1 heterocycles. The van der Waals surface area contributed by atoms with Crippen molar-refractivity contribution in [1.29, 1.82) is 0 Å². The van der Waals surface area contributed by atoms with E-state index in [4.69, 9.17) is 5.84 Å². The minimum Gasteiger partial charge on any atom is -0.271 e. The Bertz CT molecular complexity index is 510. The molecule has 2 aromatic rings.